The molecule has 0 aromatic rings. The van der Waals surface area contributed by atoms with Gasteiger partial charge in [-0.15, -0.1) is 0 Å². The van der Waals surface area contributed by atoms with Gasteiger partial charge in [-0.2, -0.15) is 0 Å². The van der Waals surface area contributed by atoms with Crippen LogP contribution in [0.4, 0.5) is 0 Å². The van der Waals surface area contributed by atoms with Gasteiger partial charge in [-0.05, 0) is 37.5 Å². The minimum Gasteiger partial charge on any atom is -0.379 e. The fourth-order valence-corrected chi connectivity index (χ4v) is 3.76. The van der Waals surface area contributed by atoms with Crippen molar-refractivity contribution in [2.75, 3.05) is 13.2 Å². The summed E-state index contributed by atoms with van der Waals surface area (Å²) in [6.07, 6.45) is 2.88. The van der Waals surface area contributed by atoms with Gasteiger partial charge in [0, 0.05) is 6.61 Å². The van der Waals surface area contributed by atoms with Gasteiger partial charge in [-0.3, -0.25) is 9.59 Å². The molecule has 1 saturated carbocycles. The molecule has 2 saturated heterocycles. The summed E-state index contributed by atoms with van der Waals surface area (Å²) in [5.74, 6) is 0.364. The number of carbonyl (C=O) groups is 2. The molecule has 3 unspecified atom stereocenters. The van der Waals surface area contributed by atoms with E-state index in [9.17, 15) is 9.59 Å². The van der Waals surface area contributed by atoms with Crippen molar-refractivity contribution in [1.82, 2.24) is 10.2 Å². The maximum Gasteiger partial charge on any atom is 0.249 e. The van der Waals surface area contributed by atoms with Crippen molar-refractivity contribution in [3.05, 3.63) is 0 Å². The SMILES string of the molecule is CC(C)(C)C1C(=O)NC(C)(C2CC2)C(=O)N1C1CCOC1. The van der Waals surface area contributed by atoms with E-state index in [1.807, 2.05) is 32.6 Å². The van der Waals surface area contributed by atoms with Crippen LogP contribution in [0.15, 0.2) is 0 Å². The van der Waals surface area contributed by atoms with Gasteiger partial charge in [0.25, 0.3) is 0 Å². The lowest BCUT2D eigenvalue weighted by atomic mass is 9.78. The Kier molecular flexibility index (Phi) is 3.32. The minimum absolute atomic E-state index is 0.0107. The van der Waals surface area contributed by atoms with Gasteiger partial charge in [-0.1, -0.05) is 20.8 Å². The van der Waals surface area contributed by atoms with E-state index in [1.165, 1.54) is 0 Å². The van der Waals surface area contributed by atoms with E-state index in [1.54, 1.807) is 0 Å². The van der Waals surface area contributed by atoms with Gasteiger partial charge in [0.05, 0.1) is 12.6 Å². The average Bonchev–Trinajstić information content (AvgIpc) is 3.09. The third kappa shape index (κ3) is 2.35. The van der Waals surface area contributed by atoms with Gasteiger partial charge < -0.3 is 15.0 Å². The van der Waals surface area contributed by atoms with Crippen molar-refractivity contribution in [1.29, 1.82) is 0 Å². The second-order valence-corrected chi connectivity index (χ2v) is 7.96. The van der Waals surface area contributed by atoms with Crippen LogP contribution < -0.4 is 5.32 Å². The summed E-state index contributed by atoms with van der Waals surface area (Å²) in [5.41, 5.74) is -1.01. The van der Waals surface area contributed by atoms with Crippen molar-refractivity contribution in [2.45, 2.75) is 64.6 Å². The van der Waals surface area contributed by atoms with Crippen LogP contribution in [0.3, 0.4) is 0 Å². The molecule has 0 spiro atoms. The number of hydrogen-bond donors (Lipinski definition) is 1. The quantitative estimate of drug-likeness (QED) is 0.835. The molecular formula is C16H26N2O3. The Bertz CT molecular complexity index is 461. The largest absolute Gasteiger partial charge is 0.379 e. The van der Waals surface area contributed by atoms with E-state index in [0.717, 1.165) is 19.3 Å². The van der Waals surface area contributed by atoms with E-state index in [-0.39, 0.29) is 23.3 Å². The molecule has 0 bridgehead atoms. The van der Waals surface area contributed by atoms with E-state index in [4.69, 9.17) is 4.74 Å². The van der Waals surface area contributed by atoms with Gasteiger partial charge in [-0.25, -0.2) is 0 Å². The molecule has 0 aromatic heterocycles. The number of ether oxygens (including phenoxy) is 1. The Morgan fingerprint density at radius 1 is 1.24 bits per heavy atom. The number of amides is 2. The first-order chi connectivity index (χ1) is 9.75. The number of rotatable bonds is 2. The monoisotopic (exact) mass is 294 g/mol. The Balaban J connectivity index is 1.98. The minimum atomic E-state index is -0.721. The van der Waals surface area contributed by atoms with Gasteiger partial charge in [0.15, 0.2) is 0 Å². The topological polar surface area (TPSA) is 58.6 Å². The van der Waals surface area contributed by atoms with Crippen LogP contribution in [0.1, 0.15) is 47.0 Å². The highest BCUT2D eigenvalue weighted by Crippen LogP contribution is 2.44. The van der Waals surface area contributed by atoms with Crippen LogP contribution in [-0.2, 0) is 14.3 Å². The lowest BCUT2D eigenvalue weighted by Gasteiger charge is -2.50. The first kappa shape index (κ1) is 14.8. The van der Waals surface area contributed by atoms with Crippen LogP contribution in [0.2, 0.25) is 0 Å². The van der Waals surface area contributed by atoms with E-state index in [0.29, 0.717) is 19.1 Å². The van der Waals surface area contributed by atoms with E-state index >= 15 is 0 Å². The molecule has 3 fully saturated rings. The molecule has 1 aliphatic carbocycles. The van der Waals surface area contributed by atoms with Crippen molar-refractivity contribution in [3.8, 4) is 0 Å². The van der Waals surface area contributed by atoms with Gasteiger partial charge >= 0.3 is 0 Å². The molecule has 21 heavy (non-hydrogen) atoms. The summed E-state index contributed by atoms with van der Waals surface area (Å²) in [7, 11) is 0. The Morgan fingerprint density at radius 3 is 2.38 bits per heavy atom. The molecule has 5 nitrogen and oxygen atoms in total. The molecule has 3 atom stereocenters. The maximum absolute atomic E-state index is 13.2. The molecule has 0 aromatic carbocycles. The number of hydrogen-bond acceptors (Lipinski definition) is 3. The number of nitrogens with zero attached hydrogens (tertiary/aromatic N) is 1. The molecule has 0 radical (unpaired) electrons. The second-order valence-electron chi connectivity index (χ2n) is 7.96. The highest BCUT2D eigenvalue weighted by molar-refractivity contribution is 6.00. The molecule has 1 N–H and O–H groups in total. The molecule has 118 valence electrons. The zero-order valence-corrected chi connectivity index (χ0v) is 13.4. The van der Waals surface area contributed by atoms with Crippen LogP contribution in [0.25, 0.3) is 0 Å². The maximum atomic E-state index is 13.2. The second kappa shape index (κ2) is 4.70. The van der Waals surface area contributed by atoms with Gasteiger partial charge in [0.1, 0.15) is 11.6 Å². The molecule has 2 heterocycles. The molecule has 3 aliphatic rings. The molecule has 2 amide bonds. The highest BCUT2D eigenvalue weighted by Gasteiger charge is 2.58. The summed E-state index contributed by atoms with van der Waals surface area (Å²) in [6, 6.07) is -0.380. The predicted molar refractivity (Wildman–Crippen MR) is 78.6 cm³/mol. The smallest absolute Gasteiger partial charge is 0.249 e. The average molecular weight is 294 g/mol. The summed E-state index contributed by atoms with van der Waals surface area (Å²) >= 11 is 0. The number of piperazine rings is 1. The van der Waals surface area contributed by atoms with E-state index < -0.39 is 11.6 Å². The third-order valence-electron chi connectivity index (χ3n) is 5.10. The lowest BCUT2D eigenvalue weighted by Crippen LogP contribution is -2.74. The van der Waals surface area contributed by atoms with Crippen molar-refractivity contribution in [3.63, 3.8) is 0 Å². The summed E-state index contributed by atoms with van der Waals surface area (Å²) < 4.78 is 5.47. The Hall–Kier alpha value is -1.10. The fraction of sp³-hybridized carbons (Fsp3) is 0.875. The van der Waals surface area contributed by atoms with Crippen LogP contribution in [0, 0.1) is 11.3 Å². The summed E-state index contributed by atoms with van der Waals surface area (Å²) in [4.78, 5) is 27.8. The van der Waals surface area contributed by atoms with Crippen molar-refractivity contribution in [2.24, 2.45) is 11.3 Å². The molecule has 3 rings (SSSR count). The molecule has 2 aliphatic heterocycles. The first-order valence-corrected chi connectivity index (χ1v) is 7.97. The number of carbonyl (C=O) groups excluding carboxylic acids is 2. The Morgan fingerprint density at radius 2 is 1.90 bits per heavy atom. The van der Waals surface area contributed by atoms with Crippen LogP contribution >= 0.6 is 0 Å². The Labute approximate surface area is 126 Å². The molecular weight excluding hydrogens is 268 g/mol. The fourth-order valence-electron chi connectivity index (χ4n) is 3.76. The summed E-state index contributed by atoms with van der Waals surface area (Å²) in [5, 5.41) is 3.04. The predicted octanol–water partition coefficient (Wildman–Crippen LogP) is 1.32. The van der Waals surface area contributed by atoms with Crippen LogP contribution in [-0.4, -0.2) is 47.6 Å². The summed E-state index contributed by atoms with van der Waals surface area (Å²) in [6.45, 7) is 9.18. The number of nitrogens with one attached hydrogen (secondary N) is 1. The normalized spacial score (nSPS) is 37.8. The van der Waals surface area contributed by atoms with E-state index in [2.05, 4.69) is 5.32 Å². The molecule has 5 heteroatoms. The highest BCUT2D eigenvalue weighted by atomic mass is 16.5. The zero-order valence-electron chi connectivity index (χ0n) is 13.4. The van der Waals surface area contributed by atoms with Crippen LogP contribution in [0.5, 0.6) is 0 Å². The van der Waals surface area contributed by atoms with Gasteiger partial charge in [0.2, 0.25) is 11.8 Å². The standard InChI is InChI=1S/C16H26N2O3/c1-15(2,3)12-13(19)17-16(4,10-5-6-10)14(20)18(12)11-7-8-21-9-11/h10-12H,5-9H2,1-4H3,(H,17,19). The first-order valence-electron chi connectivity index (χ1n) is 7.97. The van der Waals surface area contributed by atoms with Crippen molar-refractivity contribution >= 4 is 11.8 Å². The lowest BCUT2D eigenvalue weighted by molar-refractivity contribution is -0.163. The zero-order chi connectivity index (χ0) is 15.4. The van der Waals surface area contributed by atoms with Crippen molar-refractivity contribution < 1.29 is 14.3 Å². The third-order valence-corrected chi connectivity index (χ3v) is 5.10.